The summed E-state index contributed by atoms with van der Waals surface area (Å²) in [5, 5.41) is 3.00. The highest BCUT2D eigenvalue weighted by atomic mass is 16.1. The zero-order chi connectivity index (χ0) is 13.0. The van der Waals surface area contributed by atoms with Gasteiger partial charge < -0.3 is 11.1 Å². The van der Waals surface area contributed by atoms with Crippen molar-refractivity contribution in [1.82, 2.24) is 10.3 Å². The fraction of sp³-hybridized carbons (Fsp3) is 0.571. The van der Waals surface area contributed by atoms with Crippen LogP contribution in [0.1, 0.15) is 48.7 Å². The zero-order valence-corrected chi connectivity index (χ0v) is 10.9. The SMILES string of the molecule is CCC1(CNC(=O)c2ccc(CN)cn2)CCC1. The zero-order valence-electron chi connectivity index (χ0n) is 10.9. The van der Waals surface area contributed by atoms with Gasteiger partial charge in [0.05, 0.1) is 0 Å². The Morgan fingerprint density at radius 2 is 2.28 bits per heavy atom. The van der Waals surface area contributed by atoms with Crippen molar-refractivity contribution in [1.29, 1.82) is 0 Å². The number of carbonyl (C=O) groups is 1. The maximum absolute atomic E-state index is 11.9. The number of hydrogen-bond donors (Lipinski definition) is 2. The van der Waals surface area contributed by atoms with Crippen molar-refractivity contribution in [2.75, 3.05) is 6.54 Å². The number of rotatable bonds is 5. The van der Waals surface area contributed by atoms with Gasteiger partial charge >= 0.3 is 0 Å². The van der Waals surface area contributed by atoms with E-state index in [1.807, 2.05) is 6.07 Å². The maximum Gasteiger partial charge on any atom is 0.269 e. The van der Waals surface area contributed by atoms with Gasteiger partial charge in [0.2, 0.25) is 0 Å². The molecule has 3 N–H and O–H groups in total. The normalized spacial score (nSPS) is 17.0. The van der Waals surface area contributed by atoms with Gasteiger partial charge in [-0.15, -0.1) is 0 Å². The molecule has 1 heterocycles. The molecule has 18 heavy (non-hydrogen) atoms. The molecule has 0 unspecified atom stereocenters. The molecule has 0 aliphatic heterocycles. The molecule has 0 radical (unpaired) electrons. The average molecular weight is 247 g/mol. The smallest absolute Gasteiger partial charge is 0.269 e. The van der Waals surface area contributed by atoms with Crippen LogP contribution in [0.4, 0.5) is 0 Å². The Labute approximate surface area is 108 Å². The van der Waals surface area contributed by atoms with Crippen molar-refractivity contribution < 1.29 is 4.79 Å². The Balaban J connectivity index is 1.90. The molecule has 98 valence electrons. The van der Waals surface area contributed by atoms with Crippen molar-refractivity contribution in [2.45, 2.75) is 39.2 Å². The molecule has 1 aliphatic carbocycles. The number of amides is 1. The largest absolute Gasteiger partial charge is 0.350 e. The van der Waals surface area contributed by atoms with Gasteiger partial charge in [-0.3, -0.25) is 9.78 Å². The quantitative estimate of drug-likeness (QED) is 0.834. The van der Waals surface area contributed by atoms with Gasteiger partial charge in [0, 0.05) is 19.3 Å². The Morgan fingerprint density at radius 1 is 1.50 bits per heavy atom. The van der Waals surface area contributed by atoms with E-state index >= 15 is 0 Å². The summed E-state index contributed by atoms with van der Waals surface area (Å²) in [6.07, 6.45) is 6.53. The molecule has 4 nitrogen and oxygen atoms in total. The summed E-state index contributed by atoms with van der Waals surface area (Å²) in [4.78, 5) is 16.1. The summed E-state index contributed by atoms with van der Waals surface area (Å²) in [6, 6.07) is 3.58. The van der Waals surface area contributed by atoms with E-state index in [0.29, 0.717) is 17.7 Å². The van der Waals surface area contributed by atoms with E-state index in [4.69, 9.17) is 5.73 Å². The average Bonchev–Trinajstić information content (AvgIpc) is 2.38. The van der Waals surface area contributed by atoms with Gasteiger partial charge in [-0.2, -0.15) is 0 Å². The van der Waals surface area contributed by atoms with E-state index in [1.165, 1.54) is 19.3 Å². The monoisotopic (exact) mass is 247 g/mol. The minimum Gasteiger partial charge on any atom is -0.350 e. The number of nitrogens with one attached hydrogen (secondary N) is 1. The third kappa shape index (κ3) is 2.70. The lowest BCUT2D eigenvalue weighted by molar-refractivity contribution is 0.0845. The summed E-state index contributed by atoms with van der Waals surface area (Å²) >= 11 is 0. The molecule has 1 aliphatic rings. The molecular formula is C14H21N3O. The minimum absolute atomic E-state index is 0.0849. The summed E-state index contributed by atoms with van der Waals surface area (Å²) in [5.41, 5.74) is 7.25. The van der Waals surface area contributed by atoms with Crippen molar-refractivity contribution in [3.8, 4) is 0 Å². The minimum atomic E-state index is -0.0849. The molecule has 2 rings (SSSR count). The highest BCUT2D eigenvalue weighted by molar-refractivity contribution is 5.92. The van der Waals surface area contributed by atoms with E-state index in [2.05, 4.69) is 17.2 Å². The van der Waals surface area contributed by atoms with Crippen molar-refractivity contribution in [2.24, 2.45) is 11.1 Å². The molecule has 0 bridgehead atoms. The lowest BCUT2D eigenvalue weighted by Gasteiger charge is -2.41. The molecule has 0 aromatic carbocycles. The fourth-order valence-electron chi connectivity index (χ4n) is 2.37. The lowest BCUT2D eigenvalue weighted by atomic mass is 9.67. The molecule has 0 atom stereocenters. The van der Waals surface area contributed by atoms with Crippen LogP contribution in [0.5, 0.6) is 0 Å². The van der Waals surface area contributed by atoms with Crippen molar-refractivity contribution >= 4 is 5.91 Å². The fourth-order valence-corrected chi connectivity index (χ4v) is 2.37. The molecule has 1 saturated carbocycles. The van der Waals surface area contributed by atoms with Crippen LogP contribution in [-0.4, -0.2) is 17.4 Å². The molecule has 1 aromatic rings. The van der Waals surface area contributed by atoms with Gasteiger partial charge in [0.25, 0.3) is 5.91 Å². The van der Waals surface area contributed by atoms with Crippen LogP contribution >= 0.6 is 0 Å². The number of carbonyl (C=O) groups excluding carboxylic acids is 1. The Morgan fingerprint density at radius 3 is 2.72 bits per heavy atom. The van der Waals surface area contributed by atoms with Gasteiger partial charge in [-0.05, 0) is 36.3 Å². The molecule has 1 fully saturated rings. The number of hydrogen-bond acceptors (Lipinski definition) is 3. The van der Waals surface area contributed by atoms with Crippen LogP contribution in [0.2, 0.25) is 0 Å². The first-order chi connectivity index (χ1) is 8.69. The lowest BCUT2D eigenvalue weighted by Crippen LogP contribution is -2.41. The van der Waals surface area contributed by atoms with Gasteiger partial charge in [0.1, 0.15) is 5.69 Å². The molecular weight excluding hydrogens is 226 g/mol. The van der Waals surface area contributed by atoms with E-state index in [-0.39, 0.29) is 5.91 Å². The predicted molar refractivity (Wildman–Crippen MR) is 71.0 cm³/mol. The van der Waals surface area contributed by atoms with E-state index in [0.717, 1.165) is 18.5 Å². The topological polar surface area (TPSA) is 68.0 Å². The Hall–Kier alpha value is -1.42. The van der Waals surface area contributed by atoms with Crippen LogP contribution in [0, 0.1) is 5.41 Å². The van der Waals surface area contributed by atoms with E-state index < -0.39 is 0 Å². The summed E-state index contributed by atoms with van der Waals surface area (Å²) in [6.45, 7) is 3.41. The van der Waals surface area contributed by atoms with E-state index in [1.54, 1.807) is 12.3 Å². The summed E-state index contributed by atoms with van der Waals surface area (Å²) in [5.74, 6) is -0.0849. The van der Waals surface area contributed by atoms with Crippen LogP contribution < -0.4 is 11.1 Å². The molecule has 0 saturated heterocycles. The third-order valence-electron chi connectivity index (χ3n) is 4.08. The second kappa shape index (κ2) is 5.48. The van der Waals surface area contributed by atoms with Gasteiger partial charge in [-0.25, -0.2) is 0 Å². The van der Waals surface area contributed by atoms with Crippen LogP contribution in [-0.2, 0) is 6.54 Å². The highest BCUT2D eigenvalue weighted by Gasteiger charge is 2.35. The van der Waals surface area contributed by atoms with Gasteiger partial charge in [-0.1, -0.05) is 19.4 Å². The molecule has 1 aromatic heterocycles. The number of nitrogens with zero attached hydrogens (tertiary/aromatic N) is 1. The Kier molecular flexibility index (Phi) is 3.97. The maximum atomic E-state index is 11.9. The second-order valence-corrected chi connectivity index (χ2v) is 5.15. The summed E-state index contributed by atoms with van der Waals surface area (Å²) in [7, 11) is 0. The van der Waals surface area contributed by atoms with E-state index in [9.17, 15) is 4.79 Å². The summed E-state index contributed by atoms with van der Waals surface area (Å²) < 4.78 is 0. The first kappa shape index (κ1) is 13.0. The van der Waals surface area contributed by atoms with Crippen LogP contribution in [0.15, 0.2) is 18.3 Å². The standard InChI is InChI=1S/C14H21N3O/c1-2-14(6-3-7-14)10-17-13(18)12-5-4-11(8-15)9-16-12/h4-5,9H,2-3,6-8,10,15H2,1H3,(H,17,18). The molecule has 4 heteroatoms. The first-order valence-electron chi connectivity index (χ1n) is 6.62. The predicted octanol–water partition coefficient (Wildman–Crippen LogP) is 1.85. The third-order valence-corrected chi connectivity index (χ3v) is 4.08. The number of aromatic nitrogens is 1. The second-order valence-electron chi connectivity index (χ2n) is 5.15. The molecule has 0 spiro atoms. The van der Waals surface area contributed by atoms with Crippen LogP contribution in [0.3, 0.4) is 0 Å². The van der Waals surface area contributed by atoms with Gasteiger partial charge in [0.15, 0.2) is 0 Å². The number of pyridine rings is 1. The highest BCUT2D eigenvalue weighted by Crippen LogP contribution is 2.43. The first-order valence-corrected chi connectivity index (χ1v) is 6.62. The van der Waals surface area contributed by atoms with Crippen molar-refractivity contribution in [3.05, 3.63) is 29.6 Å². The number of nitrogens with two attached hydrogens (primary N) is 1. The van der Waals surface area contributed by atoms with Crippen molar-refractivity contribution in [3.63, 3.8) is 0 Å². The Bertz CT molecular complexity index is 404. The van der Waals surface area contributed by atoms with Crippen LogP contribution in [0.25, 0.3) is 0 Å². The molecule has 1 amide bonds.